The van der Waals surface area contributed by atoms with E-state index in [1.807, 2.05) is 0 Å². The SMILES string of the molecule is OC[C@H]1O[C@@H](OCc2cn([C@@H]3[C@H](O)[C@@H](O)[C@H](c4cn([C@H]5[C@H](O)[C@@H](O)[C@H](n6cc([C@@H]7O[C@H](CO)[C@@H](n8cc(CO[C@@H]9O[C@H](CO)[C@H](O)[C@H](O)[C@H]9O)nn8)[C@H](O)[C@H]7O)nn6)O[C@@H]5CO)nn4)O[C@@H]3CO)nn2)[C@H](O)[C@@H](O)[C@H]1O. The van der Waals surface area contributed by atoms with Crippen LogP contribution in [0.2, 0.25) is 0 Å². The molecule has 36 nitrogen and oxygen atoms in total. The topological polar surface area (TPSA) is 531 Å². The highest BCUT2D eigenvalue weighted by atomic mass is 16.7. The zero-order valence-electron chi connectivity index (χ0n) is 39.5. The fraction of sp³-hybridized carbons (Fsp3) is 0.800. The van der Waals surface area contributed by atoms with Gasteiger partial charge in [0, 0.05) is 0 Å². The fourth-order valence-electron chi connectivity index (χ4n) is 9.88. The summed E-state index contributed by atoms with van der Waals surface area (Å²) >= 11 is 0. The van der Waals surface area contributed by atoms with Crippen molar-refractivity contribution >= 4 is 0 Å². The Morgan fingerprint density at radius 2 is 0.711 bits per heavy atom. The summed E-state index contributed by atoms with van der Waals surface area (Å²) in [4.78, 5) is 0. The van der Waals surface area contributed by atoms with Crippen LogP contribution in [-0.4, -0.2) is 296 Å². The average Bonchev–Trinajstić information content (AvgIpc) is 4.28. The van der Waals surface area contributed by atoms with E-state index in [1.54, 1.807) is 0 Å². The van der Waals surface area contributed by atoms with Crippen molar-refractivity contribution in [1.29, 1.82) is 0 Å². The van der Waals surface area contributed by atoms with E-state index in [2.05, 4.69) is 41.2 Å². The zero-order chi connectivity index (χ0) is 54.4. The maximum absolute atomic E-state index is 11.5. The summed E-state index contributed by atoms with van der Waals surface area (Å²) in [6, 6.07) is -3.89. The Labute approximate surface area is 426 Å². The highest BCUT2D eigenvalue weighted by Gasteiger charge is 2.52. The van der Waals surface area contributed by atoms with Crippen molar-refractivity contribution in [1.82, 2.24) is 60.0 Å². The van der Waals surface area contributed by atoms with Crippen LogP contribution in [0.1, 0.15) is 59.3 Å². The third-order valence-corrected chi connectivity index (χ3v) is 14.1. The number of aliphatic hydroxyl groups excluding tert-OH is 17. The first kappa shape index (κ1) is 56.3. The second kappa shape index (κ2) is 23.5. The molecule has 9 rings (SSSR count). The van der Waals surface area contributed by atoms with Crippen LogP contribution in [0, 0.1) is 0 Å². The summed E-state index contributed by atoms with van der Waals surface area (Å²) in [5.41, 5.74) is -0.0747. The van der Waals surface area contributed by atoms with E-state index < -0.39 is 186 Å². The lowest BCUT2D eigenvalue weighted by Crippen LogP contribution is -2.59. The van der Waals surface area contributed by atoms with Gasteiger partial charge in [-0.1, -0.05) is 20.9 Å². The number of rotatable bonds is 17. The maximum atomic E-state index is 11.5. The molecule has 0 bridgehead atoms. The molecule has 5 fully saturated rings. The molecule has 5 aliphatic rings. The van der Waals surface area contributed by atoms with Crippen LogP contribution in [0.25, 0.3) is 0 Å². The van der Waals surface area contributed by atoms with Gasteiger partial charge in [-0.2, -0.15) is 0 Å². The minimum absolute atomic E-state index is 0.0920. The average molecular weight is 1090 g/mol. The lowest BCUT2D eigenvalue weighted by molar-refractivity contribution is -0.304. The molecule has 0 saturated carbocycles. The van der Waals surface area contributed by atoms with Gasteiger partial charge in [-0.15, -0.1) is 20.4 Å². The Morgan fingerprint density at radius 1 is 0.355 bits per heavy atom. The van der Waals surface area contributed by atoms with Gasteiger partial charge in [0.2, 0.25) is 0 Å². The predicted molar refractivity (Wildman–Crippen MR) is 231 cm³/mol. The van der Waals surface area contributed by atoms with E-state index in [0.717, 1.165) is 18.7 Å². The molecule has 25 atom stereocenters. The van der Waals surface area contributed by atoms with E-state index in [1.165, 1.54) is 24.8 Å². The molecule has 0 amide bonds. The lowest BCUT2D eigenvalue weighted by atomic mass is 9.91. The summed E-state index contributed by atoms with van der Waals surface area (Å²) in [7, 11) is 0. The van der Waals surface area contributed by atoms with Gasteiger partial charge in [-0.25, -0.2) is 18.7 Å². The number of hydrogen-bond acceptors (Lipinski definition) is 32. The van der Waals surface area contributed by atoms with Gasteiger partial charge in [-0.05, 0) is 0 Å². The fourth-order valence-corrected chi connectivity index (χ4v) is 9.88. The predicted octanol–water partition coefficient (Wildman–Crippen LogP) is -11.7. The molecule has 0 aromatic carbocycles. The Balaban J connectivity index is 0.821. The molecule has 9 heterocycles. The first-order chi connectivity index (χ1) is 36.4. The molecule has 0 radical (unpaired) electrons. The summed E-state index contributed by atoms with van der Waals surface area (Å²) in [6.45, 7) is -4.39. The largest absolute Gasteiger partial charge is 0.394 e. The van der Waals surface area contributed by atoms with Crippen molar-refractivity contribution in [2.45, 2.75) is 166 Å². The molecule has 5 saturated heterocycles. The Bertz CT molecular complexity index is 2480. The quantitative estimate of drug-likeness (QED) is 0.0467. The lowest BCUT2D eigenvalue weighted by Gasteiger charge is -2.42. The van der Waals surface area contributed by atoms with Crippen molar-refractivity contribution < 1.29 is 120 Å². The number of aliphatic hydroxyl groups is 17. The Kier molecular flexibility index (Phi) is 17.4. The van der Waals surface area contributed by atoms with Crippen molar-refractivity contribution in [3.05, 3.63) is 47.6 Å². The van der Waals surface area contributed by atoms with Crippen LogP contribution < -0.4 is 0 Å². The number of aromatic nitrogens is 12. The van der Waals surface area contributed by atoms with Gasteiger partial charge in [0.15, 0.2) is 18.8 Å². The molecule has 0 spiro atoms. The van der Waals surface area contributed by atoms with E-state index in [-0.39, 0.29) is 36.0 Å². The van der Waals surface area contributed by atoms with E-state index in [0.29, 0.717) is 0 Å². The first-order valence-electron chi connectivity index (χ1n) is 23.8. The van der Waals surface area contributed by atoms with Crippen LogP contribution in [-0.2, 0) is 46.4 Å². The third-order valence-electron chi connectivity index (χ3n) is 14.1. The standard InChI is InChI=1S/C40H60N12O24/c53-5-16-21(49-1-12(41-45-49)10-70-39-34(68)29(63)24(58)19(8-56)75-39)26(60)31(65)36(72-16)14-3-51(47-43-14)23-18(7-55)74-38(33(67)28(23)62)52-4-15(44-48-52)37-32(66)27(61)22(17(6-54)73-37)50-2-13(42-46-50)11-71-40-35(69)30(64)25(59)20(9-57)76-40/h1-4,16-40,53-69H,5-11H2/t16-,17-,18-,19-,20-,21+,22-,23-,24+,25+,26+,27+,28+,29+,30+,31-,32-,33-,34-,35-,36+,37+,38-,39-,40-/m1/s1. The highest BCUT2D eigenvalue weighted by Crippen LogP contribution is 2.41. The molecule has 36 heteroatoms. The molecule has 76 heavy (non-hydrogen) atoms. The summed E-state index contributed by atoms with van der Waals surface area (Å²) in [5, 5.41) is 211. The minimum atomic E-state index is -1.84. The second-order valence-corrected chi connectivity index (χ2v) is 18.9. The molecule has 17 N–H and O–H groups in total. The summed E-state index contributed by atoms with van der Waals surface area (Å²) < 4.78 is 43.8. The van der Waals surface area contributed by atoms with Crippen molar-refractivity contribution in [3.63, 3.8) is 0 Å². The minimum Gasteiger partial charge on any atom is -0.394 e. The van der Waals surface area contributed by atoms with Crippen molar-refractivity contribution in [2.24, 2.45) is 0 Å². The molecule has 4 aromatic rings. The van der Waals surface area contributed by atoms with Crippen LogP contribution in [0.5, 0.6) is 0 Å². The highest BCUT2D eigenvalue weighted by molar-refractivity contribution is 5.11. The number of ether oxygens (including phenoxy) is 7. The van der Waals surface area contributed by atoms with Crippen LogP contribution >= 0.6 is 0 Å². The normalized spacial score (nSPS) is 42.4. The molecule has 0 aliphatic carbocycles. The van der Waals surface area contributed by atoms with Gasteiger partial charge >= 0.3 is 0 Å². The molecule has 4 aromatic heterocycles. The van der Waals surface area contributed by atoms with E-state index in [9.17, 15) is 86.8 Å². The summed E-state index contributed by atoms with van der Waals surface area (Å²) in [6.07, 6.45) is -29.5. The van der Waals surface area contributed by atoms with Gasteiger partial charge in [0.05, 0.1) is 71.0 Å². The van der Waals surface area contributed by atoms with Crippen molar-refractivity contribution in [2.75, 3.05) is 33.0 Å². The third kappa shape index (κ3) is 10.6. The van der Waals surface area contributed by atoms with E-state index >= 15 is 0 Å². The molecule has 0 unspecified atom stereocenters. The second-order valence-electron chi connectivity index (χ2n) is 18.9. The number of hydrogen-bond donors (Lipinski definition) is 17. The molecule has 424 valence electrons. The smallest absolute Gasteiger partial charge is 0.187 e. The van der Waals surface area contributed by atoms with Crippen LogP contribution in [0.3, 0.4) is 0 Å². The molecular formula is C40H60N12O24. The van der Waals surface area contributed by atoms with Crippen LogP contribution in [0.4, 0.5) is 0 Å². The summed E-state index contributed by atoms with van der Waals surface area (Å²) in [5.74, 6) is 0. The van der Waals surface area contributed by atoms with Gasteiger partial charge in [0.1, 0.15) is 157 Å². The van der Waals surface area contributed by atoms with Gasteiger partial charge in [0.25, 0.3) is 0 Å². The Morgan fingerprint density at radius 3 is 1.13 bits per heavy atom. The van der Waals surface area contributed by atoms with E-state index in [4.69, 9.17) is 33.2 Å². The maximum Gasteiger partial charge on any atom is 0.187 e. The van der Waals surface area contributed by atoms with Crippen molar-refractivity contribution in [3.8, 4) is 0 Å². The molecule has 5 aliphatic heterocycles. The zero-order valence-corrected chi connectivity index (χ0v) is 39.5. The Hall–Kier alpha value is -4.40. The van der Waals surface area contributed by atoms with Gasteiger partial charge in [-0.3, -0.25) is 0 Å². The monoisotopic (exact) mass is 1090 g/mol. The van der Waals surface area contributed by atoms with Crippen LogP contribution in [0.15, 0.2) is 24.8 Å². The first-order valence-corrected chi connectivity index (χ1v) is 23.8. The van der Waals surface area contributed by atoms with Gasteiger partial charge < -0.3 is 120 Å². The number of nitrogens with zero attached hydrogens (tertiary/aromatic N) is 12. The molecular weight excluding hydrogens is 1030 g/mol.